The minimum Gasteiger partial charge on any atom is -0.469 e. The summed E-state index contributed by atoms with van der Waals surface area (Å²) in [5, 5.41) is 1.13. The number of aromatic amines is 1. The van der Waals surface area contributed by atoms with Gasteiger partial charge in [0.2, 0.25) is 0 Å². The Hall–Kier alpha value is -1.97. The molecule has 0 aliphatic heterocycles. The van der Waals surface area contributed by atoms with Gasteiger partial charge in [0.25, 0.3) is 0 Å². The van der Waals surface area contributed by atoms with E-state index >= 15 is 0 Å². The van der Waals surface area contributed by atoms with Crippen LogP contribution in [-0.4, -0.2) is 18.1 Å². The third-order valence-electron chi connectivity index (χ3n) is 3.45. The quantitative estimate of drug-likeness (QED) is 0.578. The van der Waals surface area contributed by atoms with E-state index in [0.717, 1.165) is 35.1 Å². The number of methoxy groups -OCH3 is 1. The van der Waals surface area contributed by atoms with E-state index in [1.165, 1.54) is 12.7 Å². The van der Waals surface area contributed by atoms with Crippen LogP contribution in [0.5, 0.6) is 0 Å². The molecule has 1 aliphatic carbocycles. The summed E-state index contributed by atoms with van der Waals surface area (Å²) in [6.07, 6.45) is 1.47. The summed E-state index contributed by atoms with van der Waals surface area (Å²) in [5.74, 6) is -0.182. The Labute approximate surface area is 98.8 Å². The van der Waals surface area contributed by atoms with Crippen molar-refractivity contribution in [2.24, 2.45) is 5.92 Å². The van der Waals surface area contributed by atoms with Crippen LogP contribution in [0.25, 0.3) is 10.9 Å². The van der Waals surface area contributed by atoms with Gasteiger partial charge in [-0.3, -0.25) is 4.79 Å². The van der Waals surface area contributed by atoms with E-state index in [4.69, 9.17) is 10.5 Å². The molecule has 0 amide bonds. The zero-order valence-corrected chi connectivity index (χ0v) is 9.62. The first kappa shape index (κ1) is 10.2. The second-order valence-corrected chi connectivity index (χ2v) is 4.52. The van der Waals surface area contributed by atoms with E-state index in [2.05, 4.69) is 4.98 Å². The molecular weight excluding hydrogens is 216 g/mol. The lowest BCUT2D eigenvalue weighted by Gasteiger charge is -2.06. The van der Waals surface area contributed by atoms with Crippen LogP contribution in [0.4, 0.5) is 5.69 Å². The molecule has 0 radical (unpaired) electrons. The molecule has 0 saturated heterocycles. The molecule has 1 atom stereocenters. The zero-order chi connectivity index (χ0) is 12.0. The number of anilines is 1. The molecule has 17 heavy (non-hydrogen) atoms. The van der Waals surface area contributed by atoms with Gasteiger partial charge in [-0.1, -0.05) is 0 Å². The molecule has 1 aromatic heterocycles. The Morgan fingerprint density at radius 3 is 3.06 bits per heavy atom. The molecule has 4 heteroatoms. The molecule has 4 nitrogen and oxygen atoms in total. The van der Waals surface area contributed by atoms with Crippen LogP contribution in [0, 0.1) is 5.92 Å². The third-order valence-corrected chi connectivity index (χ3v) is 3.45. The average Bonchev–Trinajstić information content (AvgIpc) is 2.86. The van der Waals surface area contributed by atoms with Gasteiger partial charge in [-0.2, -0.15) is 0 Å². The first-order chi connectivity index (χ1) is 8.19. The lowest BCUT2D eigenvalue weighted by Crippen LogP contribution is -2.16. The van der Waals surface area contributed by atoms with Crippen molar-refractivity contribution in [1.29, 1.82) is 0 Å². The second-order valence-electron chi connectivity index (χ2n) is 4.52. The van der Waals surface area contributed by atoms with Crippen LogP contribution in [0.15, 0.2) is 18.2 Å². The van der Waals surface area contributed by atoms with Gasteiger partial charge in [-0.25, -0.2) is 0 Å². The third kappa shape index (κ3) is 1.48. The van der Waals surface area contributed by atoms with Crippen molar-refractivity contribution in [2.45, 2.75) is 12.8 Å². The van der Waals surface area contributed by atoms with Gasteiger partial charge in [-0.15, -0.1) is 0 Å². The number of fused-ring (bicyclic) bond motifs is 3. The molecule has 2 aromatic rings. The molecular formula is C13H14N2O2. The van der Waals surface area contributed by atoms with Crippen molar-refractivity contribution in [3.63, 3.8) is 0 Å². The van der Waals surface area contributed by atoms with Gasteiger partial charge in [0.15, 0.2) is 0 Å². The van der Waals surface area contributed by atoms with E-state index < -0.39 is 0 Å². The fourth-order valence-corrected chi connectivity index (χ4v) is 2.63. The molecule has 3 rings (SSSR count). The molecule has 1 heterocycles. The topological polar surface area (TPSA) is 68.1 Å². The smallest absolute Gasteiger partial charge is 0.309 e. The Balaban J connectivity index is 2.04. The molecule has 88 valence electrons. The van der Waals surface area contributed by atoms with Crippen LogP contribution in [-0.2, 0) is 22.4 Å². The Morgan fingerprint density at radius 2 is 2.29 bits per heavy atom. The van der Waals surface area contributed by atoms with E-state index in [9.17, 15) is 4.79 Å². The number of nitrogens with two attached hydrogens (primary N) is 1. The number of carbonyl (C=O) groups is 1. The number of nitrogens with one attached hydrogen (secondary N) is 1. The molecule has 0 saturated carbocycles. The van der Waals surface area contributed by atoms with Gasteiger partial charge < -0.3 is 15.5 Å². The number of benzene rings is 1. The normalized spacial score (nSPS) is 18.3. The highest BCUT2D eigenvalue weighted by Crippen LogP contribution is 2.34. The maximum Gasteiger partial charge on any atom is 0.309 e. The van der Waals surface area contributed by atoms with Gasteiger partial charge in [0, 0.05) is 28.7 Å². The van der Waals surface area contributed by atoms with Crippen molar-refractivity contribution in [3.05, 3.63) is 29.5 Å². The van der Waals surface area contributed by atoms with E-state index in [1.807, 2.05) is 18.2 Å². The first-order valence-corrected chi connectivity index (χ1v) is 5.66. The van der Waals surface area contributed by atoms with Crippen molar-refractivity contribution in [2.75, 3.05) is 12.8 Å². The van der Waals surface area contributed by atoms with Gasteiger partial charge in [0.05, 0.1) is 13.0 Å². The fourth-order valence-electron chi connectivity index (χ4n) is 2.63. The van der Waals surface area contributed by atoms with Crippen molar-refractivity contribution >= 4 is 22.6 Å². The number of ether oxygens (including phenoxy) is 1. The minimum absolute atomic E-state index is 0.0490. The number of nitrogen functional groups attached to an aromatic ring is 1. The van der Waals surface area contributed by atoms with Crippen LogP contribution in [0.2, 0.25) is 0 Å². The highest BCUT2D eigenvalue weighted by Gasteiger charge is 2.30. The van der Waals surface area contributed by atoms with Crippen molar-refractivity contribution in [3.8, 4) is 0 Å². The van der Waals surface area contributed by atoms with Gasteiger partial charge in [0.1, 0.15) is 0 Å². The molecule has 3 N–H and O–H groups in total. The maximum absolute atomic E-state index is 11.5. The fraction of sp³-hybridized carbons (Fsp3) is 0.308. The van der Waals surface area contributed by atoms with Crippen molar-refractivity contribution in [1.82, 2.24) is 4.98 Å². The summed E-state index contributed by atoms with van der Waals surface area (Å²) in [4.78, 5) is 14.9. The number of H-pyrrole nitrogens is 1. The Kier molecular flexibility index (Phi) is 2.11. The average molecular weight is 230 g/mol. The summed E-state index contributed by atoms with van der Waals surface area (Å²) >= 11 is 0. The van der Waals surface area contributed by atoms with Gasteiger partial charge in [-0.05, 0) is 30.2 Å². The molecule has 1 aliphatic rings. The number of hydrogen-bond donors (Lipinski definition) is 2. The predicted molar refractivity (Wildman–Crippen MR) is 65.6 cm³/mol. The van der Waals surface area contributed by atoms with Crippen LogP contribution < -0.4 is 5.73 Å². The Bertz CT molecular complexity index is 601. The molecule has 0 spiro atoms. The van der Waals surface area contributed by atoms with E-state index in [1.54, 1.807) is 0 Å². The lowest BCUT2D eigenvalue weighted by molar-refractivity contribution is -0.145. The molecule has 0 unspecified atom stereocenters. The summed E-state index contributed by atoms with van der Waals surface area (Å²) in [6.45, 7) is 0. The number of hydrogen-bond acceptors (Lipinski definition) is 3. The summed E-state index contributed by atoms with van der Waals surface area (Å²) in [7, 11) is 1.44. The van der Waals surface area contributed by atoms with Crippen LogP contribution in [0.1, 0.15) is 11.3 Å². The largest absolute Gasteiger partial charge is 0.469 e. The molecule has 0 bridgehead atoms. The molecule has 1 aromatic carbocycles. The second kappa shape index (κ2) is 3.52. The highest BCUT2D eigenvalue weighted by atomic mass is 16.5. The highest BCUT2D eigenvalue weighted by molar-refractivity contribution is 5.89. The number of aromatic nitrogens is 1. The Morgan fingerprint density at radius 1 is 1.47 bits per heavy atom. The summed E-state index contributed by atoms with van der Waals surface area (Å²) in [6, 6.07) is 5.83. The van der Waals surface area contributed by atoms with Crippen molar-refractivity contribution < 1.29 is 9.53 Å². The number of esters is 1. The monoisotopic (exact) mass is 230 g/mol. The maximum atomic E-state index is 11.5. The number of rotatable bonds is 1. The van der Waals surface area contributed by atoms with Gasteiger partial charge >= 0.3 is 5.97 Å². The lowest BCUT2D eigenvalue weighted by atomic mass is 10.1. The minimum atomic E-state index is -0.133. The van der Waals surface area contributed by atoms with E-state index in [0.29, 0.717) is 0 Å². The predicted octanol–water partition coefficient (Wildman–Crippen LogP) is 1.64. The van der Waals surface area contributed by atoms with E-state index in [-0.39, 0.29) is 11.9 Å². The SMILES string of the molecule is COC(=O)[C@H]1Cc2[nH]c3ccc(N)cc3c2C1. The first-order valence-electron chi connectivity index (χ1n) is 5.66. The summed E-state index contributed by atoms with van der Waals surface area (Å²) < 4.78 is 4.79. The standard InChI is InChI=1S/C13H14N2O2/c1-17-13(16)7-4-9-10-6-8(14)2-3-11(10)15-12(9)5-7/h2-3,6-7,15H,4-5,14H2,1H3/t7-/m1/s1. The zero-order valence-electron chi connectivity index (χ0n) is 9.62. The number of carbonyl (C=O) groups excluding carboxylic acids is 1. The molecule has 0 fully saturated rings. The summed E-state index contributed by atoms with van der Waals surface area (Å²) in [5.41, 5.74) is 9.98. The van der Waals surface area contributed by atoms with Crippen LogP contribution >= 0.6 is 0 Å². The van der Waals surface area contributed by atoms with Crippen LogP contribution in [0.3, 0.4) is 0 Å².